The molecule has 0 fully saturated rings. The molecule has 1 aliphatic rings. The number of carbonyl (C=O) groups excluding carboxylic acids is 1. The van der Waals surface area contributed by atoms with Crippen LogP contribution in [0.5, 0.6) is 11.5 Å². The first-order chi connectivity index (χ1) is 13.6. The van der Waals surface area contributed by atoms with Gasteiger partial charge in [-0.05, 0) is 60.2 Å². The van der Waals surface area contributed by atoms with E-state index in [1.54, 1.807) is 25.6 Å². The summed E-state index contributed by atoms with van der Waals surface area (Å²) in [6.45, 7) is 2.67. The van der Waals surface area contributed by atoms with Gasteiger partial charge < -0.3 is 14.4 Å². The molecule has 1 atom stereocenters. The predicted octanol–water partition coefficient (Wildman–Crippen LogP) is 4.86. The molecule has 144 valence electrons. The van der Waals surface area contributed by atoms with Crippen LogP contribution in [0.15, 0.2) is 53.9 Å². The molecule has 0 saturated heterocycles. The normalized spacial score (nSPS) is 15.8. The van der Waals surface area contributed by atoms with Gasteiger partial charge in [-0.2, -0.15) is 0 Å². The van der Waals surface area contributed by atoms with Crippen molar-refractivity contribution in [3.63, 3.8) is 0 Å². The minimum atomic E-state index is -0.128. The fourth-order valence-electron chi connectivity index (χ4n) is 3.86. The van der Waals surface area contributed by atoms with Gasteiger partial charge in [0.05, 0.1) is 20.3 Å². The summed E-state index contributed by atoms with van der Waals surface area (Å²) in [6.07, 6.45) is 0.787. The lowest BCUT2D eigenvalue weighted by Gasteiger charge is -2.37. The molecule has 0 spiro atoms. The Morgan fingerprint density at radius 1 is 1.07 bits per heavy atom. The van der Waals surface area contributed by atoms with Crippen molar-refractivity contribution in [2.24, 2.45) is 0 Å². The zero-order valence-electron chi connectivity index (χ0n) is 16.3. The molecule has 0 saturated carbocycles. The van der Waals surface area contributed by atoms with E-state index in [9.17, 15) is 4.79 Å². The van der Waals surface area contributed by atoms with E-state index in [0.29, 0.717) is 12.3 Å². The Hall–Kier alpha value is -2.79. The lowest BCUT2D eigenvalue weighted by atomic mass is 9.90. The van der Waals surface area contributed by atoms with Gasteiger partial charge in [-0.3, -0.25) is 4.79 Å². The third-order valence-corrected chi connectivity index (χ3v) is 6.14. The number of carbonyl (C=O) groups is 1. The Bertz CT molecular complexity index is 997. The highest BCUT2D eigenvalue weighted by Gasteiger charge is 2.34. The molecule has 1 aromatic heterocycles. The maximum atomic E-state index is 13.4. The molecule has 1 amide bonds. The molecular formula is C23H23NO3S. The summed E-state index contributed by atoms with van der Waals surface area (Å²) < 4.78 is 11.0. The lowest BCUT2D eigenvalue weighted by Crippen LogP contribution is -2.40. The van der Waals surface area contributed by atoms with Crippen molar-refractivity contribution in [1.82, 2.24) is 4.90 Å². The van der Waals surface area contributed by atoms with Crippen LogP contribution in [0.3, 0.4) is 0 Å². The first-order valence-electron chi connectivity index (χ1n) is 9.28. The molecule has 4 rings (SSSR count). The standard InChI is InChI=1S/C23H23NO3S/c1-15-6-4-7-17(12-15)23(25)24-10-9-16-13-19(26-2)20(27-3)14-18(16)22(24)21-8-5-11-28-21/h4-8,11-14,22H,9-10H2,1-3H3/t22-/m1/s1. The summed E-state index contributed by atoms with van der Waals surface area (Å²) >= 11 is 1.67. The number of methoxy groups -OCH3 is 2. The van der Waals surface area contributed by atoms with E-state index in [4.69, 9.17) is 9.47 Å². The molecular weight excluding hydrogens is 370 g/mol. The zero-order chi connectivity index (χ0) is 19.7. The van der Waals surface area contributed by atoms with Crippen molar-refractivity contribution < 1.29 is 14.3 Å². The molecule has 0 unspecified atom stereocenters. The molecule has 5 heteroatoms. The second kappa shape index (κ2) is 7.68. The number of benzene rings is 2. The summed E-state index contributed by atoms with van der Waals surface area (Å²) in [7, 11) is 3.29. The topological polar surface area (TPSA) is 38.8 Å². The van der Waals surface area contributed by atoms with E-state index in [-0.39, 0.29) is 11.9 Å². The van der Waals surface area contributed by atoms with Gasteiger partial charge in [0.25, 0.3) is 5.91 Å². The van der Waals surface area contributed by atoms with Crippen LogP contribution in [0.1, 0.15) is 38.0 Å². The Labute approximate surface area is 169 Å². The van der Waals surface area contributed by atoms with Crippen molar-refractivity contribution in [3.8, 4) is 11.5 Å². The second-order valence-electron chi connectivity index (χ2n) is 6.94. The van der Waals surface area contributed by atoms with Gasteiger partial charge in [0.1, 0.15) is 0 Å². The minimum absolute atomic E-state index is 0.0579. The van der Waals surface area contributed by atoms with Gasteiger partial charge in [0, 0.05) is 17.0 Å². The number of nitrogens with zero attached hydrogens (tertiary/aromatic N) is 1. The van der Waals surface area contributed by atoms with Gasteiger partial charge >= 0.3 is 0 Å². The highest BCUT2D eigenvalue weighted by atomic mass is 32.1. The predicted molar refractivity (Wildman–Crippen MR) is 112 cm³/mol. The van der Waals surface area contributed by atoms with Crippen LogP contribution in [0, 0.1) is 6.92 Å². The quantitative estimate of drug-likeness (QED) is 0.635. The summed E-state index contributed by atoms with van der Waals surface area (Å²) in [6, 6.07) is 15.9. The monoisotopic (exact) mass is 393 g/mol. The summed E-state index contributed by atoms with van der Waals surface area (Å²) in [5.74, 6) is 1.47. The molecule has 1 aliphatic heterocycles. The van der Waals surface area contributed by atoms with Crippen molar-refractivity contribution in [2.75, 3.05) is 20.8 Å². The third-order valence-electron chi connectivity index (χ3n) is 5.21. The lowest BCUT2D eigenvalue weighted by molar-refractivity contribution is 0.0697. The van der Waals surface area contributed by atoms with E-state index in [1.165, 1.54) is 5.56 Å². The number of fused-ring (bicyclic) bond motifs is 1. The SMILES string of the molecule is COc1cc2c(cc1OC)[C@H](c1cccs1)N(C(=O)c1cccc(C)c1)CC2. The van der Waals surface area contributed by atoms with E-state index in [1.807, 2.05) is 54.3 Å². The Morgan fingerprint density at radius 3 is 2.54 bits per heavy atom. The van der Waals surface area contributed by atoms with Gasteiger partial charge in [-0.1, -0.05) is 23.8 Å². The van der Waals surface area contributed by atoms with Gasteiger partial charge in [0.2, 0.25) is 0 Å². The van der Waals surface area contributed by atoms with Crippen LogP contribution in [-0.4, -0.2) is 31.6 Å². The van der Waals surface area contributed by atoms with E-state index < -0.39 is 0 Å². The van der Waals surface area contributed by atoms with Crippen LogP contribution in [0.25, 0.3) is 0 Å². The molecule has 0 N–H and O–H groups in total. The number of aryl methyl sites for hydroxylation is 1. The number of hydrogen-bond acceptors (Lipinski definition) is 4. The average molecular weight is 394 g/mol. The van der Waals surface area contributed by atoms with Crippen LogP contribution < -0.4 is 9.47 Å². The van der Waals surface area contributed by atoms with Crippen molar-refractivity contribution in [2.45, 2.75) is 19.4 Å². The summed E-state index contributed by atoms with van der Waals surface area (Å²) in [5.41, 5.74) is 4.12. The van der Waals surface area contributed by atoms with Crippen LogP contribution >= 0.6 is 11.3 Å². The van der Waals surface area contributed by atoms with Crippen molar-refractivity contribution in [1.29, 1.82) is 0 Å². The molecule has 2 aromatic carbocycles. The fourth-order valence-corrected chi connectivity index (χ4v) is 4.72. The fraction of sp³-hybridized carbons (Fsp3) is 0.261. The highest BCUT2D eigenvalue weighted by Crippen LogP contribution is 2.42. The third kappa shape index (κ3) is 3.27. The smallest absolute Gasteiger partial charge is 0.254 e. The van der Waals surface area contributed by atoms with Gasteiger partial charge in [0.15, 0.2) is 11.5 Å². The number of thiophene rings is 1. The van der Waals surface area contributed by atoms with Gasteiger partial charge in [-0.15, -0.1) is 11.3 Å². The molecule has 2 heterocycles. The molecule has 3 aromatic rings. The van der Waals surface area contributed by atoms with Crippen molar-refractivity contribution >= 4 is 17.2 Å². The van der Waals surface area contributed by atoms with E-state index >= 15 is 0 Å². The molecule has 0 aliphatic carbocycles. The summed E-state index contributed by atoms with van der Waals surface area (Å²) in [4.78, 5) is 16.5. The zero-order valence-corrected chi connectivity index (χ0v) is 17.1. The maximum Gasteiger partial charge on any atom is 0.254 e. The van der Waals surface area contributed by atoms with Crippen molar-refractivity contribution in [3.05, 3.63) is 81.0 Å². The average Bonchev–Trinajstić information content (AvgIpc) is 3.25. The molecule has 4 nitrogen and oxygen atoms in total. The number of amides is 1. The number of rotatable bonds is 4. The second-order valence-corrected chi connectivity index (χ2v) is 7.92. The Kier molecular flexibility index (Phi) is 5.09. The number of ether oxygens (including phenoxy) is 2. The van der Waals surface area contributed by atoms with E-state index in [2.05, 4.69) is 11.4 Å². The molecule has 0 bridgehead atoms. The largest absolute Gasteiger partial charge is 0.493 e. The Morgan fingerprint density at radius 2 is 1.86 bits per heavy atom. The first-order valence-corrected chi connectivity index (χ1v) is 10.2. The maximum absolute atomic E-state index is 13.4. The first kappa shape index (κ1) is 18.6. The Balaban J connectivity index is 1.82. The van der Waals surface area contributed by atoms with Gasteiger partial charge in [-0.25, -0.2) is 0 Å². The molecule has 0 radical (unpaired) electrons. The summed E-state index contributed by atoms with van der Waals surface area (Å²) in [5, 5.41) is 2.06. The number of hydrogen-bond donors (Lipinski definition) is 0. The van der Waals surface area contributed by atoms with Crippen LogP contribution in [0.4, 0.5) is 0 Å². The van der Waals surface area contributed by atoms with Crippen LogP contribution in [-0.2, 0) is 6.42 Å². The minimum Gasteiger partial charge on any atom is -0.493 e. The molecule has 28 heavy (non-hydrogen) atoms. The van der Waals surface area contributed by atoms with Crippen LogP contribution in [0.2, 0.25) is 0 Å². The van der Waals surface area contributed by atoms with E-state index in [0.717, 1.165) is 33.7 Å². The highest BCUT2D eigenvalue weighted by molar-refractivity contribution is 7.10.